The summed E-state index contributed by atoms with van der Waals surface area (Å²) in [5.41, 5.74) is 0. The molecule has 168 valence electrons. The molecule has 0 radical (unpaired) electrons. The van der Waals surface area contributed by atoms with Crippen LogP contribution in [-0.4, -0.2) is 67.2 Å². The predicted octanol–water partition coefficient (Wildman–Crippen LogP) is 0.0985. The zero-order chi connectivity index (χ0) is 21.8. The molecule has 6 atom stereocenters. The normalized spacial score (nSPS) is 35.9. The number of carbonyl (C=O) groups is 3. The van der Waals surface area contributed by atoms with Gasteiger partial charge in [0, 0.05) is 0 Å². The third-order valence-corrected chi connectivity index (χ3v) is 6.97. The third kappa shape index (κ3) is 3.46. The number of rotatable bonds is 6. The van der Waals surface area contributed by atoms with E-state index in [0.29, 0.717) is 12.8 Å². The van der Waals surface area contributed by atoms with E-state index in [9.17, 15) is 36.1 Å². The maximum Gasteiger partial charge on any atom is 0.367 e. The smallest absolute Gasteiger partial charge is 0.367 e. The molecule has 30 heavy (non-hydrogen) atoms. The summed E-state index contributed by atoms with van der Waals surface area (Å²) >= 11 is 0. The van der Waals surface area contributed by atoms with Crippen molar-refractivity contribution in [1.82, 2.24) is 0 Å². The molecule has 6 unspecified atom stereocenters. The van der Waals surface area contributed by atoms with E-state index in [1.165, 1.54) is 0 Å². The van der Waals surface area contributed by atoms with E-state index in [-0.39, 0.29) is 5.92 Å². The zero-order valence-electron chi connectivity index (χ0n) is 15.5. The Bertz CT molecular complexity index is 853. The summed E-state index contributed by atoms with van der Waals surface area (Å²) in [5.74, 6) is -5.57. The molecule has 2 bridgehead atoms. The molecule has 0 aromatic rings. The van der Waals surface area contributed by atoms with E-state index in [1.807, 2.05) is 0 Å². The number of alkyl halides is 2. The van der Waals surface area contributed by atoms with Gasteiger partial charge in [0.1, 0.15) is 24.0 Å². The standard InChI is InChI=1S/C17H20F2O10S/c18-17(19,30(23,24)25)6-26-15(21)8-9-11-13(29-16(9)22)12(10(8)27-11)28-14(20)7-4-2-1-3-5-7/h7-13H,1-6H2,(H,23,24,25)/p-1. The lowest BCUT2D eigenvalue weighted by atomic mass is 9.78. The molecule has 0 spiro atoms. The van der Waals surface area contributed by atoms with Crippen molar-refractivity contribution in [3.63, 3.8) is 0 Å². The van der Waals surface area contributed by atoms with Gasteiger partial charge >= 0.3 is 23.2 Å². The summed E-state index contributed by atoms with van der Waals surface area (Å²) in [6.07, 6.45) is -0.0165. The van der Waals surface area contributed by atoms with Crippen molar-refractivity contribution in [2.75, 3.05) is 6.61 Å². The Balaban J connectivity index is 1.47. The van der Waals surface area contributed by atoms with Crippen molar-refractivity contribution < 1.29 is 55.1 Å². The summed E-state index contributed by atoms with van der Waals surface area (Å²) in [4.78, 5) is 37.0. The van der Waals surface area contributed by atoms with Crippen LogP contribution in [0.5, 0.6) is 0 Å². The molecule has 0 N–H and O–H groups in total. The Kier molecular flexibility index (Phi) is 5.26. The van der Waals surface area contributed by atoms with E-state index < -0.39 is 76.1 Å². The van der Waals surface area contributed by atoms with Crippen molar-refractivity contribution in [3.05, 3.63) is 0 Å². The molecule has 3 aliphatic heterocycles. The van der Waals surface area contributed by atoms with E-state index >= 15 is 0 Å². The van der Waals surface area contributed by atoms with Crippen LogP contribution in [0, 0.1) is 17.8 Å². The summed E-state index contributed by atoms with van der Waals surface area (Å²) in [7, 11) is -6.05. The van der Waals surface area contributed by atoms with E-state index in [4.69, 9.17) is 14.2 Å². The van der Waals surface area contributed by atoms with Crippen molar-refractivity contribution in [2.24, 2.45) is 17.8 Å². The number of ether oxygens (including phenoxy) is 4. The minimum absolute atomic E-state index is 0.322. The molecular weight excluding hydrogens is 434 g/mol. The maximum absolute atomic E-state index is 13.3. The van der Waals surface area contributed by atoms with Gasteiger partial charge in [-0.05, 0) is 12.8 Å². The molecular formula is C17H19F2O10S-. The topological polar surface area (TPSA) is 145 Å². The first-order valence-corrected chi connectivity index (χ1v) is 11.0. The van der Waals surface area contributed by atoms with E-state index in [0.717, 1.165) is 19.3 Å². The fourth-order valence-corrected chi connectivity index (χ4v) is 4.83. The molecule has 4 rings (SSSR count). The predicted molar refractivity (Wildman–Crippen MR) is 87.6 cm³/mol. The van der Waals surface area contributed by atoms with Crippen LogP contribution < -0.4 is 0 Å². The fraction of sp³-hybridized carbons (Fsp3) is 0.824. The van der Waals surface area contributed by atoms with Crippen LogP contribution in [0.25, 0.3) is 0 Å². The van der Waals surface area contributed by atoms with Crippen LogP contribution in [0.4, 0.5) is 8.78 Å². The molecule has 1 aliphatic carbocycles. The number of fused-ring (bicyclic) bond motifs is 1. The zero-order valence-corrected chi connectivity index (χ0v) is 16.3. The van der Waals surface area contributed by atoms with Gasteiger partial charge in [-0.2, -0.15) is 8.78 Å². The van der Waals surface area contributed by atoms with Crippen LogP contribution in [0.2, 0.25) is 0 Å². The first-order chi connectivity index (χ1) is 14.0. The second-order valence-electron chi connectivity index (χ2n) is 7.95. The lowest BCUT2D eigenvalue weighted by molar-refractivity contribution is -0.169. The van der Waals surface area contributed by atoms with Crippen LogP contribution in [0.1, 0.15) is 32.1 Å². The number of hydrogen-bond donors (Lipinski definition) is 0. The van der Waals surface area contributed by atoms with Gasteiger partial charge in [0.2, 0.25) is 0 Å². The second-order valence-corrected chi connectivity index (χ2v) is 9.46. The molecule has 0 aromatic carbocycles. The van der Waals surface area contributed by atoms with Crippen molar-refractivity contribution in [2.45, 2.75) is 61.8 Å². The van der Waals surface area contributed by atoms with Gasteiger partial charge in [-0.3, -0.25) is 14.4 Å². The minimum atomic E-state index is -6.05. The van der Waals surface area contributed by atoms with E-state index in [1.54, 1.807) is 0 Å². The van der Waals surface area contributed by atoms with Crippen molar-refractivity contribution >= 4 is 28.0 Å². The highest BCUT2D eigenvalue weighted by molar-refractivity contribution is 7.86. The maximum atomic E-state index is 13.3. The molecule has 4 aliphatic rings. The van der Waals surface area contributed by atoms with Crippen molar-refractivity contribution in [1.29, 1.82) is 0 Å². The van der Waals surface area contributed by atoms with Gasteiger partial charge in [0.15, 0.2) is 28.9 Å². The molecule has 4 fully saturated rings. The Labute approximate surface area is 169 Å². The van der Waals surface area contributed by atoms with Crippen LogP contribution in [0.3, 0.4) is 0 Å². The lowest BCUT2D eigenvalue weighted by Gasteiger charge is -2.29. The van der Waals surface area contributed by atoms with Crippen LogP contribution in [0.15, 0.2) is 0 Å². The highest BCUT2D eigenvalue weighted by atomic mass is 32.2. The number of halogens is 2. The SMILES string of the molecule is O=C(OC1C2OC(=O)C3C2OC1C3C(=O)OCC(F)(F)S(=O)(=O)[O-])C1CCCCC1. The summed E-state index contributed by atoms with van der Waals surface area (Å²) < 4.78 is 78.9. The average molecular weight is 453 g/mol. The molecule has 0 amide bonds. The Morgan fingerprint density at radius 3 is 2.40 bits per heavy atom. The minimum Gasteiger partial charge on any atom is -0.743 e. The monoisotopic (exact) mass is 453 g/mol. The summed E-state index contributed by atoms with van der Waals surface area (Å²) in [5, 5.41) is -4.83. The van der Waals surface area contributed by atoms with Gasteiger partial charge in [0.05, 0.1) is 5.92 Å². The van der Waals surface area contributed by atoms with Gasteiger partial charge in [-0.1, -0.05) is 19.3 Å². The molecule has 1 saturated carbocycles. The Morgan fingerprint density at radius 2 is 1.77 bits per heavy atom. The van der Waals surface area contributed by atoms with Gasteiger partial charge in [-0.15, -0.1) is 0 Å². The number of carbonyl (C=O) groups excluding carboxylic acids is 3. The highest BCUT2D eigenvalue weighted by Gasteiger charge is 2.72. The third-order valence-electron chi connectivity index (χ3n) is 6.12. The average Bonchev–Trinajstić information content (AvgIpc) is 3.29. The summed E-state index contributed by atoms with van der Waals surface area (Å²) in [6.45, 7) is -2.00. The first kappa shape index (κ1) is 21.4. The molecule has 13 heteroatoms. The Morgan fingerprint density at radius 1 is 1.10 bits per heavy atom. The first-order valence-electron chi connectivity index (χ1n) is 9.57. The lowest BCUT2D eigenvalue weighted by Crippen LogP contribution is -2.49. The van der Waals surface area contributed by atoms with Gasteiger partial charge < -0.3 is 23.5 Å². The fourth-order valence-electron chi connectivity index (χ4n) is 4.63. The van der Waals surface area contributed by atoms with Crippen LogP contribution in [-0.2, 0) is 43.4 Å². The largest absolute Gasteiger partial charge is 0.743 e. The quantitative estimate of drug-likeness (QED) is 0.308. The molecule has 10 nitrogen and oxygen atoms in total. The summed E-state index contributed by atoms with van der Waals surface area (Å²) in [6, 6.07) is 0. The molecule has 3 saturated heterocycles. The van der Waals surface area contributed by atoms with Crippen molar-refractivity contribution in [3.8, 4) is 0 Å². The van der Waals surface area contributed by atoms with Gasteiger partial charge in [-0.25, -0.2) is 8.42 Å². The molecule has 3 heterocycles. The van der Waals surface area contributed by atoms with Gasteiger partial charge in [0.25, 0.3) is 0 Å². The number of esters is 3. The van der Waals surface area contributed by atoms with Crippen LogP contribution >= 0.6 is 0 Å². The highest BCUT2D eigenvalue weighted by Crippen LogP contribution is 2.51. The molecule has 0 aromatic heterocycles. The number of hydrogen-bond acceptors (Lipinski definition) is 10. The second kappa shape index (κ2) is 7.38. The van der Waals surface area contributed by atoms with E-state index in [2.05, 4.69) is 4.74 Å². The Hall–Kier alpha value is -1.86.